The average Bonchev–Trinajstić information content (AvgIpc) is 2.69. The number of hydrogen-bond acceptors (Lipinski definition) is 3. The summed E-state index contributed by atoms with van der Waals surface area (Å²) in [6.45, 7) is 6.68. The maximum Gasteiger partial charge on any atom is 0.163 e. The number of Topliss-reactive ketones (excluding diaryl/α,β-unsaturated/α-hetero) is 1. The zero-order chi connectivity index (χ0) is 18.8. The molecule has 1 aromatic heterocycles. The van der Waals surface area contributed by atoms with E-state index in [0.717, 1.165) is 54.8 Å². The third-order valence-electron chi connectivity index (χ3n) is 5.02. The molecule has 0 fully saturated rings. The molecule has 3 nitrogen and oxygen atoms in total. The van der Waals surface area contributed by atoms with Crippen LogP contribution in [-0.2, 0) is 6.42 Å². The maximum absolute atomic E-state index is 12.8. The van der Waals surface area contributed by atoms with Crippen LogP contribution in [0.25, 0.3) is 11.4 Å². The third kappa shape index (κ3) is 6.05. The van der Waals surface area contributed by atoms with Crippen LogP contribution >= 0.6 is 0 Å². The van der Waals surface area contributed by atoms with E-state index >= 15 is 0 Å². The lowest BCUT2D eigenvalue weighted by molar-refractivity contribution is 0.0979. The molecule has 0 amide bonds. The highest BCUT2D eigenvalue weighted by Gasteiger charge is 2.14. The Hall–Kier alpha value is -2.03. The van der Waals surface area contributed by atoms with Crippen molar-refractivity contribution in [2.75, 3.05) is 0 Å². The molecule has 0 aliphatic heterocycles. The molecule has 0 N–H and O–H groups in total. The van der Waals surface area contributed by atoms with Gasteiger partial charge >= 0.3 is 0 Å². The number of carbonyl (C=O) groups excluding carboxylic acids is 1. The first-order valence-corrected chi connectivity index (χ1v) is 10.1. The fourth-order valence-corrected chi connectivity index (χ4v) is 3.06. The number of benzene rings is 1. The Labute approximate surface area is 158 Å². The lowest BCUT2D eigenvalue weighted by atomic mass is 9.96. The summed E-state index contributed by atoms with van der Waals surface area (Å²) in [5, 5.41) is 0. The maximum atomic E-state index is 12.8. The monoisotopic (exact) mass is 352 g/mol. The summed E-state index contributed by atoms with van der Waals surface area (Å²) in [6, 6.07) is 9.73. The molecule has 0 bridgehead atoms. The number of nitrogens with zero attached hydrogens (tertiary/aromatic N) is 2. The van der Waals surface area contributed by atoms with Crippen molar-refractivity contribution in [3.63, 3.8) is 0 Å². The minimum absolute atomic E-state index is 0.201. The number of carbonyl (C=O) groups is 1. The van der Waals surface area contributed by atoms with Gasteiger partial charge in [0.25, 0.3) is 0 Å². The van der Waals surface area contributed by atoms with Gasteiger partial charge in [0.1, 0.15) is 0 Å². The van der Waals surface area contributed by atoms with Crippen LogP contribution in [0.15, 0.2) is 36.5 Å². The van der Waals surface area contributed by atoms with Gasteiger partial charge in [-0.15, -0.1) is 0 Å². The van der Waals surface area contributed by atoms with Crippen LogP contribution in [0.4, 0.5) is 0 Å². The predicted molar refractivity (Wildman–Crippen MR) is 108 cm³/mol. The van der Waals surface area contributed by atoms with Crippen molar-refractivity contribution in [2.45, 2.75) is 72.1 Å². The Kier molecular flexibility index (Phi) is 8.46. The van der Waals surface area contributed by atoms with Crippen LogP contribution in [0.3, 0.4) is 0 Å². The fraction of sp³-hybridized carbons (Fsp3) is 0.522. The molecule has 140 valence electrons. The summed E-state index contributed by atoms with van der Waals surface area (Å²) in [6.07, 6.45) is 10.1. The van der Waals surface area contributed by atoms with Crippen molar-refractivity contribution in [1.29, 1.82) is 0 Å². The van der Waals surface area contributed by atoms with Gasteiger partial charge in [0.15, 0.2) is 11.6 Å². The smallest absolute Gasteiger partial charge is 0.163 e. The second-order valence-electron chi connectivity index (χ2n) is 7.20. The number of ketones is 1. The van der Waals surface area contributed by atoms with E-state index in [9.17, 15) is 4.79 Å². The van der Waals surface area contributed by atoms with Crippen molar-refractivity contribution >= 4 is 5.78 Å². The van der Waals surface area contributed by atoms with Crippen LogP contribution in [0.2, 0.25) is 0 Å². The second-order valence-corrected chi connectivity index (χ2v) is 7.20. The second kappa shape index (κ2) is 10.8. The molecule has 2 aromatic rings. The molecule has 0 saturated carbocycles. The van der Waals surface area contributed by atoms with Gasteiger partial charge in [-0.25, -0.2) is 9.97 Å². The first-order valence-electron chi connectivity index (χ1n) is 10.1. The number of unbranched alkanes of at least 4 members (excludes halogenated alkanes) is 2. The van der Waals surface area contributed by atoms with E-state index in [4.69, 9.17) is 4.98 Å². The van der Waals surface area contributed by atoms with Crippen molar-refractivity contribution < 1.29 is 4.79 Å². The topological polar surface area (TPSA) is 42.9 Å². The van der Waals surface area contributed by atoms with E-state index in [1.807, 2.05) is 30.3 Å². The van der Waals surface area contributed by atoms with Crippen molar-refractivity contribution in [3.05, 3.63) is 47.8 Å². The Morgan fingerprint density at radius 2 is 1.88 bits per heavy atom. The number of rotatable bonds is 11. The van der Waals surface area contributed by atoms with E-state index in [1.165, 1.54) is 12.8 Å². The lowest BCUT2D eigenvalue weighted by Gasteiger charge is -2.10. The number of aromatic nitrogens is 2. The highest BCUT2D eigenvalue weighted by atomic mass is 16.1. The Morgan fingerprint density at radius 1 is 1.08 bits per heavy atom. The van der Waals surface area contributed by atoms with Gasteiger partial charge in [-0.1, -0.05) is 70.7 Å². The van der Waals surface area contributed by atoms with Crippen LogP contribution < -0.4 is 0 Å². The zero-order valence-corrected chi connectivity index (χ0v) is 16.5. The standard InChI is InChI=1S/C23H32N2O/c1-4-6-12-19-16-17-24-23(25-19)21-14-9-8-13-20(21)22(26)15-10-7-11-18(3)5-2/h8-9,13-14,16-18H,4-7,10-12,15H2,1-3H3. The molecule has 3 heteroatoms. The summed E-state index contributed by atoms with van der Waals surface area (Å²) < 4.78 is 0. The molecular weight excluding hydrogens is 320 g/mol. The molecule has 1 unspecified atom stereocenters. The SMILES string of the molecule is CCCCc1ccnc(-c2ccccc2C(=O)CCCCC(C)CC)n1. The molecule has 0 saturated heterocycles. The van der Waals surface area contributed by atoms with Crippen LogP contribution in [0.1, 0.15) is 81.8 Å². The predicted octanol–water partition coefficient (Wildman–Crippen LogP) is 6.28. The van der Waals surface area contributed by atoms with E-state index in [2.05, 4.69) is 25.8 Å². The highest BCUT2D eigenvalue weighted by molar-refractivity contribution is 6.01. The number of hydrogen-bond donors (Lipinski definition) is 0. The van der Waals surface area contributed by atoms with Gasteiger partial charge in [0.2, 0.25) is 0 Å². The summed E-state index contributed by atoms with van der Waals surface area (Å²) in [5.74, 6) is 1.62. The van der Waals surface area contributed by atoms with Gasteiger partial charge in [-0.05, 0) is 31.2 Å². The van der Waals surface area contributed by atoms with Crippen molar-refractivity contribution in [3.8, 4) is 11.4 Å². The summed E-state index contributed by atoms with van der Waals surface area (Å²) >= 11 is 0. The first kappa shape index (κ1) is 20.3. The summed E-state index contributed by atoms with van der Waals surface area (Å²) in [4.78, 5) is 21.9. The molecule has 0 aliphatic rings. The first-order chi connectivity index (χ1) is 12.7. The van der Waals surface area contributed by atoms with E-state index < -0.39 is 0 Å². The normalized spacial score (nSPS) is 12.1. The molecular formula is C23H32N2O. The van der Waals surface area contributed by atoms with Gasteiger partial charge in [-0.2, -0.15) is 0 Å². The quantitative estimate of drug-likeness (QED) is 0.353. The average molecular weight is 353 g/mol. The molecule has 1 aromatic carbocycles. The minimum atomic E-state index is 0.201. The number of aryl methyl sites for hydroxylation is 1. The molecule has 2 rings (SSSR count). The fourth-order valence-electron chi connectivity index (χ4n) is 3.06. The van der Waals surface area contributed by atoms with Crippen LogP contribution in [0, 0.1) is 5.92 Å². The third-order valence-corrected chi connectivity index (χ3v) is 5.02. The Balaban J connectivity index is 2.08. The Morgan fingerprint density at radius 3 is 2.65 bits per heavy atom. The van der Waals surface area contributed by atoms with Crippen molar-refractivity contribution in [1.82, 2.24) is 9.97 Å². The molecule has 0 spiro atoms. The van der Waals surface area contributed by atoms with Crippen molar-refractivity contribution in [2.24, 2.45) is 5.92 Å². The van der Waals surface area contributed by atoms with Crippen LogP contribution in [0.5, 0.6) is 0 Å². The summed E-state index contributed by atoms with van der Waals surface area (Å²) in [5.41, 5.74) is 2.66. The molecule has 1 atom stereocenters. The molecule has 0 radical (unpaired) electrons. The summed E-state index contributed by atoms with van der Waals surface area (Å²) in [7, 11) is 0. The highest BCUT2D eigenvalue weighted by Crippen LogP contribution is 2.23. The van der Waals surface area contributed by atoms with E-state index in [-0.39, 0.29) is 5.78 Å². The molecule has 0 aliphatic carbocycles. The molecule has 26 heavy (non-hydrogen) atoms. The lowest BCUT2D eigenvalue weighted by Crippen LogP contribution is -2.04. The van der Waals surface area contributed by atoms with Crippen LogP contribution in [-0.4, -0.2) is 15.8 Å². The van der Waals surface area contributed by atoms with Gasteiger partial charge in [0, 0.05) is 29.4 Å². The van der Waals surface area contributed by atoms with E-state index in [1.54, 1.807) is 6.20 Å². The minimum Gasteiger partial charge on any atom is -0.294 e. The largest absolute Gasteiger partial charge is 0.294 e. The van der Waals surface area contributed by atoms with Gasteiger partial charge in [0.05, 0.1) is 0 Å². The van der Waals surface area contributed by atoms with Gasteiger partial charge < -0.3 is 0 Å². The zero-order valence-electron chi connectivity index (χ0n) is 16.5. The molecule has 1 heterocycles. The Bertz CT molecular complexity index is 696. The van der Waals surface area contributed by atoms with Gasteiger partial charge in [-0.3, -0.25) is 4.79 Å². The van der Waals surface area contributed by atoms with E-state index in [0.29, 0.717) is 12.2 Å².